The van der Waals surface area contributed by atoms with Crippen molar-refractivity contribution in [2.24, 2.45) is 0 Å². The second-order valence-corrected chi connectivity index (χ2v) is 4.82. The minimum absolute atomic E-state index is 0.381. The molecule has 7 heteroatoms. The van der Waals surface area contributed by atoms with Crippen LogP contribution in [0.25, 0.3) is 0 Å². The highest BCUT2D eigenvalue weighted by molar-refractivity contribution is 7.93. The van der Waals surface area contributed by atoms with E-state index in [1.165, 1.54) is 31.6 Å². The number of rotatable bonds is 4. The third kappa shape index (κ3) is 2.91. The quantitative estimate of drug-likeness (QED) is 0.782. The summed E-state index contributed by atoms with van der Waals surface area (Å²) in [6.45, 7) is 0. The fourth-order valence-electron chi connectivity index (χ4n) is 0.967. The van der Waals surface area contributed by atoms with Gasteiger partial charge >= 0.3 is 5.97 Å². The molecule has 0 spiro atoms. The molecular weight excluding hydrogens is 220 g/mol. The van der Waals surface area contributed by atoms with Gasteiger partial charge in [-0.1, -0.05) is 0 Å². The predicted molar refractivity (Wildman–Crippen MR) is 54.1 cm³/mol. The molecule has 0 atom stereocenters. The van der Waals surface area contributed by atoms with E-state index in [9.17, 15) is 13.2 Å². The van der Waals surface area contributed by atoms with Gasteiger partial charge in [-0.15, -0.1) is 0 Å². The molecule has 0 bridgehead atoms. The van der Waals surface area contributed by atoms with E-state index in [0.717, 1.165) is 4.31 Å². The van der Waals surface area contributed by atoms with Gasteiger partial charge < -0.3 is 5.11 Å². The number of carboxylic acid groups (broad SMARTS) is 1. The molecule has 0 amide bonds. The summed E-state index contributed by atoms with van der Waals surface area (Å²) in [5, 5.41) is 8.43. The number of carboxylic acids is 1. The molecule has 0 aliphatic heterocycles. The van der Waals surface area contributed by atoms with E-state index >= 15 is 0 Å². The maximum absolute atomic E-state index is 11.5. The van der Waals surface area contributed by atoms with Crippen LogP contribution < -0.4 is 4.31 Å². The minimum atomic E-state index is -3.81. The van der Waals surface area contributed by atoms with E-state index in [4.69, 9.17) is 5.11 Å². The number of hydrogen-bond donors (Lipinski definition) is 1. The fourth-order valence-corrected chi connectivity index (χ4v) is 1.92. The van der Waals surface area contributed by atoms with Gasteiger partial charge in [0.15, 0.2) is 5.75 Å². The number of carbonyl (C=O) groups is 1. The zero-order valence-electron chi connectivity index (χ0n) is 7.99. The van der Waals surface area contributed by atoms with E-state index in [0.29, 0.717) is 5.69 Å². The van der Waals surface area contributed by atoms with Crippen LogP contribution in [0.5, 0.6) is 0 Å². The lowest BCUT2D eigenvalue weighted by atomic mass is 10.4. The standard InChI is InChI=1S/C8H10N2O4S/c1-10(7-2-4-9-5-3-7)15(13,14)6-8(11)12/h2-5H,6H2,1H3,(H,11,12). The van der Waals surface area contributed by atoms with Crippen LogP contribution in [-0.4, -0.2) is 37.3 Å². The molecular formula is C8H10N2O4S. The van der Waals surface area contributed by atoms with Crippen LogP contribution in [0, 0.1) is 0 Å². The predicted octanol–water partition coefficient (Wildman–Crippen LogP) is -0.0678. The summed E-state index contributed by atoms with van der Waals surface area (Å²) in [6, 6.07) is 2.97. The summed E-state index contributed by atoms with van der Waals surface area (Å²) in [6.07, 6.45) is 2.87. The van der Waals surface area contributed by atoms with Gasteiger partial charge in [0.25, 0.3) is 0 Å². The molecule has 0 radical (unpaired) electrons. The van der Waals surface area contributed by atoms with E-state index in [1.807, 2.05) is 0 Å². The molecule has 0 fully saturated rings. The van der Waals surface area contributed by atoms with Crippen molar-refractivity contribution in [3.05, 3.63) is 24.5 Å². The molecule has 1 aromatic heterocycles. The van der Waals surface area contributed by atoms with Gasteiger partial charge in [0.05, 0.1) is 5.69 Å². The maximum Gasteiger partial charge on any atom is 0.320 e. The first-order chi connectivity index (χ1) is 6.93. The van der Waals surface area contributed by atoms with Crippen LogP contribution in [0.1, 0.15) is 0 Å². The van der Waals surface area contributed by atoms with Crippen LogP contribution in [0.15, 0.2) is 24.5 Å². The average Bonchev–Trinajstić information content (AvgIpc) is 2.16. The third-order valence-electron chi connectivity index (χ3n) is 1.75. The lowest BCUT2D eigenvalue weighted by Crippen LogP contribution is -2.32. The van der Waals surface area contributed by atoms with Gasteiger partial charge in [0.2, 0.25) is 10.0 Å². The van der Waals surface area contributed by atoms with Crippen molar-refractivity contribution in [3.8, 4) is 0 Å². The fraction of sp³-hybridized carbons (Fsp3) is 0.250. The van der Waals surface area contributed by atoms with Crippen molar-refractivity contribution < 1.29 is 18.3 Å². The molecule has 0 saturated carbocycles. The van der Waals surface area contributed by atoms with Crippen molar-refractivity contribution in [1.82, 2.24) is 4.98 Å². The molecule has 1 N–H and O–H groups in total. The van der Waals surface area contributed by atoms with Crippen LogP contribution in [0.4, 0.5) is 5.69 Å². The lowest BCUT2D eigenvalue weighted by molar-refractivity contribution is -0.134. The highest BCUT2D eigenvalue weighted by Crippen LogP contribution is 2.14. The summed E-state index contributed by atoms with van der Waals surface area (Å²) < 4.78 is 23.9. The molecule has 1 rings (SSSR count). The summed E-state index contributed by atoms with van der Waals surface area (Å²) in [7, 11) is -2.51. The number of nitrogens with zero attached hydrogens (tertiary/aromatic N) is 2. The first-order valence-electron chi connectivity index (χ1n) is 4.02. The Balaban J connectivity index is 2.95. The monoisotopic (exact) mass is 230 g/mol. The second kappa shape index (κ2) is 4.26. The average molecular weight is 230 g/mol. The summed E-state index contributed by atoms with van der Waals surface area (Å²) in [5.41, 5.74) is 0.381. The topological polar surface area (TPSA) is 87.6 Å². The summed E-state index contributed by atoms with van der Waals surface area (Å²) in [5.74, 6) is -2.30. The van der Waals surface area contributed by atoms with E-state index in [-0.39, 0.29) is 0 Å². The first-order valence-corrected chi connectivity index (χ1v) is 5.63. The van der Waals surface area contributed by atoms with Gasteiger partial charge in [-0.2, -0.15) is 0 Å². The molecule has 0 saturated heterocycles. The Morgan fingerprint density at radius 1 is 1.47 bits per heavy atom. The van der Waals surface area contributed by atoms with Crippen LogP contribution in [0.2, 0.25) is 0 Å². The van der Waals surface area contributed by atoms with E-state index in [1.54, 1.807) is 0 Å². The van der Waals surface area contributed by atoms with Gasteiger partial charge in [-0.3, -0.25) is 14.1 Å². The zero-order chi connectivity index (χ0) is 11.5. The van der Waals surface area contributed by atoms with Gasteiger partial charge in [-0.25, -0.2) is 8.42 Å². The Hall–Kier alpha value is -1.63. The molecule has 82 valence electrons. The largest absolute Gasteiger partial charge is 0.480 e. The highest BCUT2D eigenvalue weighted by Gasteiger charge is 2.21. The second-order valence-electron chi connectivity index (χ2n) is 2.82. The van der Waals surface area contributed by atoms with Crippen molar-refractivity contribution in [3.63, 3.8) is 0 Å². The lowest BCUT2D eigenvalue weighted by Gasteiger charge is -2.17. The molecule has 6 nitrogen and oxygen atoms in total. The number of hydrogen-bond acceptors (Lipinski definition) is 4. The number of aromatic nitrogens is 1. The molecule has 15 heavy (non-hydrogen) atoms. The normalized spacial score (nSPS) is 11.0. The summed E-state index contributed by atoms with van der Waals surface area (Å²) >= 11 is 0. The Labute approximate surface area is 87.2 Å². The molecule has 1 heterocycles. The number of pyridine rings is 1. The molecule has 0 aromatic carbocycles. The molecule has 0 aliphatic carbocycles. The highest BCUT2D eigenvalue weighted by atomic mass is 32.2. The van der Waals surface area contributed by atoms with Crippen LogP contribution >= 0.6 is 0 Å². The van der Waals surface area contributed by atoms with Gasteiger partial charge in [0, 0.05) is 19.4 Å². The Morgan fingerprint density at radius 3 is 2.47 bits per heavy atom. The van der Waals surface area contributed by atoms with E-state index in [2.05, 4.69) is 4.98 Å². The Kier molecular flexibility index (Phi) is 3.25. The third-order valence-corrected chi connectivity index (χ3v) is 3.41. The minimum Gasteiger partial charge on any atom is -0.480 e. The zero-order valence-corrected chi connectivity index (χ0v) is 8.81. The summed E-state index contributed by atoms with van der Waals surface area (Å²) in [4.78, 5) is 14.1. The molecule has 1 aromatic rings. The Bertz CT molecular complexity index is 443. The van der Waals surface area contributed by atoms with E-state index < -0.39 is 21.7 Å². The van der Waals surface area contributed by atoms with Gasteiger partial charge in [0.1, 0.15) is 0 Å². The number of anilines is 1. The van der Waals surface area contributed by atoms with Crippen LogP contribution in [-0.2, 0) is 14.8 Å². The molecule has 0 aliphatic rings. The Morgan fingerprint density at radius 2 is 2.00 bits per heavy atom. The van der Waals surface area contributed by atoms with Crippen molar-refractivity contribution in [2.75, 3.05) is 17.1 Å². The van der Waals surface area contributed by atoms with Crippen molar-refractivity contribution in [2.45, 2.75) is 0 Å². The SMILES string of the molecule is CN(c1ccncc1)S(=O)(=O)CC(=O)O. The van der Waals surface area contributed by atoms with Gasteiger partial charge in [-0.05, 0) is 12.1 Å². The van der Waals surface area contributed by atoms with Crippen LogP contribution in [0.3, 0.4) is 0 Å². The first kappa shape index (κ1) is 11.4. The smallest absolute Gasteiger partial charge is 0.320 e. The van der Waals surface area contributed by atoms with Crippen molar-refractivity contribution in [1.29, 1.82) is 0 Å². The number of sulfonamides is 1. The molecule has 0 unspecified atom stereocenters. The maximum atomic E-state index is 11.5. The van der Waals surface area contributed by atoms with Crippen molar-refractivity contribution >= 4 is 21.7 Å². The number of aliphatic carboxylic acids is 1.